The van der Waals surface area contributed by atoms with E-state index in [1.54, 1.807) is 0 Å². The highest BCUT2D eigenvalue weighted by Crippen LogP contribution is 2.30. The second kappa shape index (κ2) is 15.7. The molecular weight excluding hydrogens is 464 g/mol. The zero-order chi connectivity index (χ0) is 26.0. The molecule has 2 saturated heterocycles. The molecule has 0 aliphatic carbocycles. The lowest BCUT2D eigenvalue weighted by atomic mass is 9.97. The number of aliphatic hydroxyl groups is 7. The molecule has 0 aromatic carbocycles. The molecule has 2 heterocycles. The molecule has 0 amide bonds. The standard InChI is InChI=1S/C24H46O11/c1-3-4-5-6-7-8-9-10-11-14(2)32-24-22(20(30)18(28)16(13-26)34-24)35-23-21(31)19(29)17(27)15(12-25)33-23/h14-31H,3-13H2,1-2H3/t14-,15+,16+,17+,18+,19-,20-,21+,22+,23-,24+/m0/s1. The number of ether oxygens (including phenoxy) is 4. The van der Waals surface area contributed by atoms with E-state index in [1.807, 2.05) is 6.92 Å². The molecule has 2 rings (SSSR count). The van der Waals surface area contributed by atoms with Crippen LogP contribution in [0.3, 0.4) is 0 Å². The van der Waals surface area contributed by atoms with Crippen LogP contribution in [0.4, 0.5) is 0 Å². The molecule has 208 valence electrons. The van der Waals surface area contributed by atoms with Gasteiger partial charge in [0.25, 0.3) is 0 Å². The van der Waals surface area contributed by atoms with Crippen LogP contribution in [0.2, 0.25) is 0 Å². The van der Waals surface area contributed by atoms with Gasteiger partial charge in [-0.05, 0) is 13.3 Å². The van der Waals surface area contributed by atoms with Crippen LogP contribution in [0.1, 0.15) is 71.6 Å². The number of hydrogen-bond donors (Lipinski definition) is 7. The van der Waals surface area contributed by atoms with Crippen molar-refractivity contribution in [1.82, 2.24) is 0 Å². The lowest BCUT2D eigenvalue weighted by Gasteiger charge is -2.46. The summed E-state index contributed by atoms with van der Waals surface area (Å²) in [5, 5.41) is 70.2. The van der Waals surface area contributed by atoms with E-state index in [0.29, 0.717) is 0 Å². The fourth-order valence-corrected chi connectivity index (χ4v) is 4.51. The molecule has 2 aliphatic heterocycles. The summed E-state index contributed by atoms with van der Waals surface area (Å²) in [4.78, 5) is 0. The highest BCUT2D eigenvalue weighted by atomic mass is 16.8. The van der Waals surface area contributed by atoms with Crippen LogP contribution in [0.25, 0.3) is 0 Å². The predicted octanol–water partition coefficient (Wildman–Crippen LogP) is -0.454. The van der Waals surface area contributed by atoms with E-state index < -0.39 is 74.6 Å². The first kappa shape index (κ1) is 30.8. The maximum atomic E-state index is 10.7. The highest BCUT2D eigenvalue weighted by molar-refractivity contribution is 4.93. The minimum Gasteiger partial charge on any atom is -0.394 e. The first-order valence-corrected chi connectivity index (χ1v) is 13.0. The fraction of sp³-hybridized carbons (Fsp3) is 1.00. The molecule has 11 heteroatoms. The Morgan fingerprint density at radius 2 is 1.17 bits per heavy atom. The van der Waals surface area contributed by atoms with Gasteiger partial charge in [-0.2, -0.15) is 0 Å². The maximum Gasteiger partial charge on any atom is 0.187 e. The van der Waals surface area contributed by atoms with Crippen molar-refractivity contribution in [3.05, 3.63) is 0 Å². The minimum atomic E-state index is -1.69. The van der Waals surface area contributed by atoms with Gasteiger partial charge in [0.1, 0.15) is 48.8 Å². The van der Waals surface area contributed by atoms with Crippen molar-refractivity contribution in [3.8, 4) is 0 Å². The van der Waals surface area contributed by atoms with Gasteiger partial charge in [-0.3, -0.25) is 0 Å². The van der Waals surface area contributed by atoms with E-state index in [4.69, 9.17) is 18.9 Å². The van der Waals surface area contributed by atoms with Gasteiger partial charge >= 0.3 is 0 Å². The highest BCUT2D eigenvalue weighted by Gasteiger charge is 2.51. The number of unbranched alkanes of at least 4 members (excludes halogenated alkanes) is 7. The smallest absolute Gasteiger partial charge is 0.187 e. The molecule has 7 N–H and O–H groups in total. The summed E-state index contributed by atoms with van der Waals surface area (Å²) in [6.45, 7) is 2.84. The Balaban J connectivity index is 1.94. The third-order valence-electron chi connectivity index (χ3n) is 6.79. The summed E-state index contributed by atoms with van der Waals surface area (Å²) in [7, 11) is 0. The molecule has 35 heavy (non-hydrogen) atoms. The Bertz CT molecular complexity index is 566. The lowest BCUT2D eigenvalue weighted by molar-refractivity contribution is -0.371. The van der Waals surface area contributed by atoms with Crippen LogP contribution < -0.4 is 0 Å². The molecule has 11 nitrogen and oxygen atoms in total. The Hall–Kier alpha value is -0.440. The second-order valence-electron chi connectivity index (χ2n) is 9.71. The summed E-state index contributed by atoms with van der Waals surface area (Å²) in [5.74, 6) is 0. The summed E-state index contributed by atoms with van der Waals surface area (Å²) < 4.78 is 22.7. The van der Waals surface area contributed by atoms with Crippen LogP contribution in [-0.4, -0.2) is 116 Å². The number of hydrogen-bond acceptors (Lipinski definition) is 11. The summed E-state index contributed by atoms with van der Waals surface area (Å²) in [5.41, 5.74) is 0. The summed E-state index contributed by atoms with van der Waals surface area (Å²) in [6, 6.07) is 0. The first-order valence-electron chi connectivity index (χ1n) is 13.0. The third kappa shape index (κ3) is 8.82. The quantitative estimate of drug-likeness (QED) is 0.142. The van der Waals surface area contributed by atoms with Crippen molar-refractivity contribution in [3.63, 3.8) is 0 Å². The Kier molecular flexibility index (Phi) is 13.8. The molecule has 0 unspecified atom stereocenters. The van der Waals surface area contributed by atoms with Gasteiger partial charge in [0.05, 0.1) is 19.3 Å². The molecule has 0 spiro atoms. The van der Waals surface area contributed by atoms with Crippen LogP contribution >= 0.6 is 0 Å². The second-order valence-corrected chi connectivity index (χ2v) is 9.71. The molecule has 0 aromatic heterocycles. The minimum absolute atomic E-state index is 0.289. The van der Waals surface area contributed by atoms with Gasteiger partial charge in [-0.15, -0.1) is 0 Å². The summed E-state index contributed by atoms with van der Waals surface area (Å²) in [6.07, 6.45) is -4.57. The van der Waals surface area contributed by atoms with E-state index in [2.05, 4.69) is 6.92 Å². The van der Waals surface area contributed by atoms with Crippen LogP contribution in [0.5, 0.6) is 0 Å². The van der Waals surface area contributed by atoms with E-state index in [-0.39, 0.29) is 6.10 Å². The van der Waals surface area contributed by atoms with Gasteiger partial charge in [0.15, 0.2) is 12.6 Å². The van der Waals surface area contributed by atoms with E-state index in [0.717, 1.165) is 25.7 Å². The topological polar surface area (TPSA) is 179 Å². The van der Waals surface area contributed by atoms with E-state index in [9.17, 15) is 35.7 Å². The Labute approximate surface area is 207 Å². The molecule has 2 aliphatic rings. The summed E-state index contributed by atoms with van der Waals surface area (Å²) >= 11 is 0. The molecular formula is C24H46O11. The Morgan fingerprint density at radius 1 is 0.657 bits per heavy atom. The SMILES string of the molecule is CCCCCCCCCC[C@H](C)O[C@@H]1O[C@H](CO)[C@@H](O)[C@H](O)[C@H]1O[C@@H]1O[C@H](CO)[C@@H](O)[C@H](O)[C@H]1O. The average Bonchev–Trinajstić information content (AvgIpc) is 2.85. The van der Waals surface area contributed by atoms with E-state index >= 15 is 0 Å². The van der Waals surface area contributed by atoms with Crippen LogP contribution in [0, 0.1) is 0 Å². The zero-order valence-electron chi connectivity index (χ0n) is 20.9. The first-order chi connectivity index (χ1) is 16.7. The van der Waals surface area contributed by atoms with Gasteiger partial charge in [0.2, 0.25) is 0 Å². The predicted molar refractivity (Wildman–Crippen MR) is 124 cm³/mol. The van der Waals surface area contributed by atoms with Gasteiger partial charge in [-0.25, -0.2) is 0 Å². The van der Waals surface area contributed by atoms with Crippen molar-refractivity contribution in [2.45, 2.75) is 139 Å². The molecule has 11 atom stereocenters. The van der Waals surface area contributed by atoms with Gasteiger partial charge < -0.3 is 54.7 Å². The zero-order valence-corrected chi connectivity index (χ0v) is 20.9. The number of rotatable bonds is 15. The number of aliphatic hydroxyl groups excluding tert-OH is 7. The molecule has 0 saturated carbocycles. The maximum absolute atomic E-state index is 10.7. The lowest BCUT2D eigenvalue weighted by Crippen LogP contribution is -2.64. The van der Waals surface area contributed by atoms with Gasteiger partial charge in [0, 0.05) is 0 Å². The van der Waals surface area contributed by atoms with Crippen molar-refractivity contribution < 1.29 is 54.7 Å². The van der Waals surface area contributed by atoms with Gasteiger partial charge in [-0.1, -0.05) is 58.3 Å². The molecule has 0 aromatic rings. The molecule has 0 radical (unpaired) electrons. The Morgan fingerprint density at radius 3 is 1.74 bits per heavy atom. The molecule has 2 fully saturated rings. The third-order valence-corrected chi connectivity index (χ3v) is 6.79. The van der Waals surface area contributed by atoms with E-state index in [1.165, 1.54) is 32.1 Å². The van der Waals surface area contributed by atoms with Crippen molar-refractivity contribution >= 4 is 0 Å². The normalized spacial score (nSPS) is 39.0. The van der Waals surface area contributed by atoms with Crippen molar-refractivity contribution in [2.24, 2.45) is 0 Å². The average molecular weight is 511 g/mol. The van der Waals surface area contributed by atoms with Crippen molar-refractivity contribution in [1.29, 1.82) is 0 Å². The van der Waals surface area contributed by atoms with Crippen LogP contribution in [-0.2, 0) is 18.9 Å². The largest absolute Gasteiger partial charge is 0.394 e. The van der Waals surface area contributed by atoms with Crippen molar-refractivity contribution in [2.75, 3.05) is 13.2 Å². The fourth-order valence-electron chi connectivity index (χ4n) is 4.51. The van der Waals surface area contributed by atoms with Crippen LogP contribution in [0.15, 0.2) is 0 Å². The molecule has 0 bridgehead atoms. The monoisotopic (exact) mass is 510 g/mol.